The molecule has 1 unspecified atom stereocenters. The molecule has 0 radical (unpaired) electrons. The zero-order valence-electron chi connectivity index (χ0n) is 12.5. The summed E-state index contributed by atoms with van der Waals surface area (Å²) >= 11 is 0. The first kappa shape index (κ1) is 19.0. The molecule has 9 heteroatoms. The highest BCUT2D eigenvalue weighted by molar-refractivity contribution is 7.79. The smallest absolute Gasteiger partial charge is 0.312 e. The first-order chi connectivity index (χ1) is 10.7. The molecule has 8 nitrogen and oxygen atoms in total. The van der Waals surface area contributed by atoms with E-state index in [0.717, 1.165) is 5.96 Å². The van der Waals surface area contributed by atoms with E-state index in [1.54, 1.807) is 24.3 Å². The summed E-state index contributed by atoms with van der Waals surface area (Å²) in [4.78, 5) is 45.4. The second-order valence-electron chi connectivity index (χ2n) is 4.88. The largest absolute Gasteiger partial charge is 0.497 e. The number of carboxylic acids is 2. The number of carbonyl (C=O) groups is 2. The molecule has 0 aliphatic carbocycles. The Labute approximate surface area is 133 Å². The summed E-state index contributed by atoms with van der Waals surface area (Å²) in [5, 5.41) is 17.6. The Morgan fingerprint density at radius 3 is 2.35 bits per heavy atom. The van der Waals surface area contributed by atoms with Gasteiger partial charge in [0.15, 0.2) is 0 Å². The van der Waals surface area contributed by atoms with E-state index in [2.05, 4.69) is 4.99 Å². The van der Waals surface area contributed by atoms with Crippen LogP contribution in [-0.2, 0) is 9.59 Å². The molecule has 0 fully saturated rings. The zero-order chi connectivity index (χ0) is 17.5. The maximum Gasteiger partial charge on any atom is 0.312 e. The molecular weight excluding hydrogens is 325 g/mol. The van der Waals surface area contributed by atoms with Gasteiger partial charge in [-0.2, -0.15) is 0 Å². The monoisotopic (exact) mass is 344 g/mol. The number of nitrogens with zero attached hydrogens (tertiary/aromatic N) is 1. The maximum atomic E-state index is 11.1. The predicted molar refractivity (Wildman–Crippen MR) is 85.4 cm³/mol. The van der Waals surface area contributed by atoms with E-state index in [1.807, 2.05) is 0 Å². The third kappa shape index (κ3) is 7.19. The van der Waals surface area contributed by atoms with Crippen LogP contribution in [0.5, 0.6) is 5.75 Å². The summed E-state index contributed by atoms with van der Waals surface area (Å²) in [6, 6.07) is 6.51. The van der Waals surface area contributed by atoms with Gasteiger partial charge in [0.1, 0.15) is 11.9 Å². The maximum absolute atomic E-state index is 11.1. The van der Waals surface area contributed by atoms with Crippen LogP contribution in [0.4, 0.5) is 5.69 Å². The summed E-state index contributed by atoms with van der Waals surface area (Å²) in [5.74, 6) is -2.00. The van der Waals surface area contributed by atoms with Gasteiger partial charge in [-0.15, -0.1) is 0 Å². The molecular formula is C14H19NO7P+. The van der Waals surface area contributed by atoms with Gasteiger partial charge in [0.2, 0.25) is 5.96 Å². The Hall–Kier alpha value is -2.02. The first-order valence-corrected chi connectivity index (χ1v) is 8.65. The Morgan fingerprint density at radius 1 is 1.26 bits per heavy atom. The summed E-state index contributed by atoms with van der Waals surface area (Å²) in [6.07, 6.45) is -0.980. The lowest BCUT2D eigenvalue weighted by Gasteiger charge is -2.13. The molecule has 1 aromatic carbocycles. The van der Waals surface area contributed by atoms with Gasteiger partial charge in [-0.25, -0.2) is 14.8 Å². The quantitative estimate of drug-likeness (QED) is 0.396. The van der Waals surface area contributed by atoms with Crippen LogP contribution in [-0.4, -0.2) is 51.2 Å². The molecule has 0 aliphatic rings. The van der Waals surface area contributed by atoms with E-state index < -0.39 is 31.7 Å². The van der Waals surface area contributed by atoms with Crippen molar-refractivity contribution >= 4 is 31.3 Å². The number of carboxylic acid groups (broad SMARTS) is 2. The van der Waals surface area contributed by atoms with Gasteiger partial charge in [0, 0.05) is 6.42 Å². The van der Waals surface area contributed by atoms with Crippen molar-refractivity contribution < 1.29 is 34.3 Å². The Balaban J connectivity index is 2.72. The average molecular weight is 344 g/mol. The minimum atomic E-state index is -3.69. The van der Waals surface area contributed by atoms with Gasteiger partial charge < -0.3 is 14.9 Å². The summed E-state index contributed by atoms with van der Waals surface area (Å²) in [7, 11) is -2.18. The molecule has 126 valence electrons. The lowest BCUT2D eigenvalue weighted by Crippen LogP contribution is -2.21. The van der Waals surface area contributed by atoms with E-state index in [0.29, 0.717) is 11.4 Å². The van der Waals surface area contributed by atoms with Crippen LogP contribution in [0.2, 0.25) is 0 Å². The van der Waals surface area contributed by atoms with Gasteiger partial charge in [-0.1, -0.05) is 0 Å². The molecule has 1 atom stereocenters. The van der Waals surface area contributed by atoms with Crippen LogP contribution in [0.1, 0.15) is 12.8 Å². The summed E-state index contributed by atoms with van der Waals surface area (Å²) in [6.45, 7) is 0. The standard InChI is InChI=1S/C14H18NO7P/c1-22-12-5-3-11(4-6-12)15-9-23(20,21)8-10(14(18)19)2-7-13(16)17/h3-6,9-10,20-21H,2,7-8H2,1H3,(H-,16,17,18,19)/p+1. The van der Waals surface area contributed by atoms with Crippen LogP contribution >= 0.6 is 7.72 Å². The Morgan fingerprint density at radius 2 is 1.87 bits per heavy atom. The molecule has 1 rings (SSSR count). The predicted octanol–water partition coefficient (Wildman–Crippen LogP) is 1.75. The minimum absolute atomic E-state index is 0.177. The fraction of sp³-hybridized carbons (Fsp3) is 0.357. The van der Waals surface area contributed by atoms with Crippen molar-refractivity contribution in [1.29, 1.82) is 0 Å². The molecule has 4 N–H and O–H groups in total. The highest BCUT2D eigenvalue weighted by Gasteiger charge is 2.38. The number of rotatable bonds is 9. The van der Waals surface area contributed by atoms with Gasteiger partial charge >= 0.3 is 19.7 Å². The van der Waals surface area contributed by atoms with Crippen LogP contribution in [0.3, 0.4) is 0 Å². The van der Waals surface area contributed by atoms with Crippen molar-refractivity contribution in [2.45, 2.75) is 12.8 Å². The number of benzene rings is 1. The van der Waals surface area contributed by atoms with Gasteiger partial charge in [0.05, 0.1) is 18.7 Å². The molecule has 0 saturated carbocycles. The van der Waals surface area contributed by atoms with Crippen molar-refractivity contribution in [3.05, 3.63) is 24.3 Å². The Bertz CT molecular complexity index is 571. The Kier molecular flexibility index (Phi) is 7.09. The van der Waals surface area contributed by atoms with Crippen molar-refractivity contribution in [1.82, 2.24) is 0 Å². The van der Waals surface area contributed by atoms with Crippen LogP contribution in [0.15, 0.2) is 29.3 Å². The van der Waals surface area contributed by atoms with E-state index in [-0.39, 0.29) is 12.8 Å². The number of methoxy groups -OCH3 is 1. The molecule has 0 spiro atoms. The second kappa shape index (κ2) is 8.57. The van der Waals surface area contributed by atoms with Crippen molar-refractivity contribution in [2.24, 2.45) is 10.9 Å². The van der Waals surface area contributed by atoms with Crippen LogP contribution < -0.4 is 4.74 Å². The highest BCUT2D eigenvalue weighted by Crippen LogP contribution is 2.49. The van der Waals surface area contributed by atoms with Crippen LogP contribution in [0, 0.1) is 5.92 Å². The van der Waals surface area contributed by atoms with Crippen molar-refractivity contribution in [3.8, 4) is 5.75 Å². The fourth-order valence-corrected chi connectivity index (χ4v) is 3.19. The molecule has 0 amide bonds. The molecule has 1 aromatic rings. The van der Waals surface area contributed by atoms with Crippen molar-refractivity contribution in [3.63, 3.8) is 0 Å². The third-order valence-electron chi connectivity index (χ3n) is 3.01. The van der Waals surface area contributed by atoms with Gasteiger partial charge in [0.25, 0.3) is 0 Å². The molecule has 0 aromatic heterocycles. The normalized spacial score (nSPS) is 13.0. The minimum Gasteiger partial charge on any atom is -0.497 e. The average Bonchev–Trinajstić information content (AvgIpc) is 2.49. The molecule has 0 saturated heterocycles. The first-order valence-electron chi connectivity index (χ1n) is 6.70. The van der Waals surface area contributed by atoms with Crippen LogP contribution in [0.25, 0.3) is 0 Å². The number of hydrogen-bond acceptors (Lipinski definition) is 6. The zero-order valence-corrected chi connectivity index (χ0v) is 13.4. The molecule has 0 heterocycles. The number of ether oxygens (including phenoxy) is 1. The SMILES string of the molecule is COc1ccc(N=C[P+](O)(O)CC(CCC(=O)O)C(=O)O)cc1. The van der Waals surface area contributed by atoms with Gasteiger partial charge in [-0.05, 0) is 30.7 Å². The fourth-order valence-electron chi connectivity index (χ4n) is 1.79. The third-order valence-corrected chi connectivity index (χ3v) is 4.47. The van der Waals surface area contributed by atoms with Gasteiger partial charge in [-0.3, -0.25) is 9.59 Å². The van der Waals surface area contributed by atoms with E-state index in [4.69, 9.17) is 14.9 Å². The van der Waals surface area contributed by atoms with E-state index >= 15 is 0 Å². The van der Waals surface area contributed by atoms with E-state index in [9.17, 15) is 19.4 Å². The van der Waals surface area contributed by atoms with Crippen molar-refractivity contribution in [2.75, 3.05) is 13.3 Å². The topological polar surface area (TPSA) is 137 Å². The number of aliphatic imine (C=N–C) groups is 1. The molecule has 0 aliphatic heterocycles. The lowest BCUT2D eigenvalue weighted by molar-refractivity contribution is -0.142. The number of hydrogen-bond donors (Lipinski definition) is 4. The van der Waals surface area contributed by atoms with E-state index in [1.165, 1.54) is 7.11 Å². The lowest BCUT2D eigenvalue weighted by atomic mass is 10.1. The number of aliphatic carboxylic acids is 2. The molecule has 23 heavy (non-hydrogen) atoms. The highest BCUT2D eigenvalue weighted by atomic mass is 31.2. The summed E-state index contributed by atoms with van der Waals surface area (Å²) in [5.41, 5.74) is 0.454. The summed E-state index contributed by atoms with van der Waals surface area (Å²) < 4.78 is 4.98. The molecule has 0 bridgehead atoms. The second-order valence-corrected chi connectivity index (χ2v) is 7.05.